The summed E-state index contributed by atoms with van der Waals surface area (Å²) in [5, 5.41) is 3.50. The second-order valence-electron chi connectivity index (χ2n) is 4.71. The zero-order valence-corrected chi connectivity index (χ0v) is 11.7. The fourth-order valence-electron chi connectivity index (χ4n) is 2.08. The fourth-order valence-corrected chi connectivity index (χ4v) is 2.08. The van der Waals surface area contributed by atoms with Gasteiger partial charge in [-0.3, -0.25) is 4.98 Å². The highest BCUT2D eigenvalue weighted by Gasteiger charge is 2.11. The normalized spacial score (nSPS) is 12.2. The third-order valence-corrected chi connectivity index (χ3v) is 3.19. The summed E-state index contributed by atoms with van der Waals surface area (Å²) in [5.41, 5.74) is 3.61. The zero-order valence-electron chi connectivity index (χ0n) is 11.7. The molecule has 0 aliphatic carbocycles. The van der Waals surface area contributed by atoms with E-state index in [9.17, 15) is 0 Å². The van der Waals surface area contributed by atoms with Gasteiger partial charge in [-0.1, -0.05) is 23.8 Å². The maximum Gasteiger partial charge on any atom is 0.123 e. The van der Waals surface area contributed by atoms with Crippen molar-refractivity contribution in [3.05, 3.63) is 59.4 Å². The van der Waals surface area contributed by atoms with Crippen LogP contribution >= 0.6 is 0 Å². The number of rotatable bonds is 5. The van der Waals surface area contributed by atoms with Crippen LogP contribution in [0.3, 0.4) is 0 Å². The molecule has 0 aliphatic rings. The van der Waals surface area contributed by atoms with Gasteiger partial charge in [0.25, 0.3) is 0 Å². The van der Waals surface area contributed by atoms with E-state index in [0.29, 0.717) is 0 Å². The molecular weight excluding hydrogens is 236 g/mol. The summed E-state index contributed by atoms with van der Waals surface area (Å²) < 4.78 is 5.42. The number of aromatic nitrogens is 1. The van der Waals surface area contributed by atoms with Crippen LogP contribution in [-0.4, -0.2) is 12.1 Å². The van der Waals surface area contributed by atoms with Crippen LogP contribution < -0.4 is 10.1 Å². The van der Waals surface area contributed by atoms with E-state index in [4.69, 9.17) is 4.74 Å². The minimum absolute atomic E-state index is 0.232. The molecular formula is C16H20N2O. The smallest absolute Gasteiger partial charge is 0.123 e. The molecule has 19 heavy (non-hydrogen) atoms. The van der Waals surface area contributed by atoms with Gasteiger partial charge in [-0.2, -0.15) is 0 Å². The predicted octanol–water partition coefficient (Wildman–Crippen LogP) is 3.25. The molecule has 1 unspecified atom stereocenters. The maximum absolute atomic E-state index is 5.42. The molecule has 1 heterocycles. The Morgan fingerprint density at radius 3 is 2.84 bits per heavy atom. The zero-order chi connectivity index (χ0) is 13.7. The van der Waals surface area contributed by atoms with Crippen LogP contribution in [0, 0.1) is 6.92 Å². The molecule has 1 N–H and O–H groups in total. The highest BCUT2D eigenvalue weighted by molar-refractivity contribution is 5.38. The molecule has 0 fully saturated rings. The lowest BCUT2D eigenvalue weighted by atomic mass is 10.0. The van der Waals surface area contributed by atoms with Crippen molar-refractivity contribution >= 4 is 0 Å². The SMILES string of the molecule is COc1ccc(C)cc1C(C)NCc1cccnc1. The molecule has 1 aromatic heterocycles. The van der Waals surface area contributed by atoms with Gasteiger partial charge < -0.3 is 10.1 Å². The van der Waals surface area contributed by atoms with Gasteiger partial charge in [0.05, 0.1) is 7.11 Å². The van der Waals surface area contributed by atoms with Crippen LogP contribution in [0.25, 0.3) is 0 Å². The van der Waals surface area contributed by atoms with Crippen LogP contribution in [0.15, 0.2) is 42.7 Å². The minimum Gasteiger partial charge on any atom is -0.496 e. The van der Waals surface area contributed by atoms with Crippen molar-refractivity contribution in [1.82, 2.24) is 10.3 Å². The lowest BCUT2D eigenvalue weighted by Gasteiger charge is -2.18. The van der Waals surface area contributed by atoms with Crippen molar-refractivity contribution in [2.75, 3.05) is 7.11 Å². The van der Waals surface area contributed by atoms with Gasteiger partial charge >= 0.3 is 0 Å². The summed E-state index contributed by atoms with van der Waals surface area (Å²) in [7, 11) is 1.71. The first kappa shape index (κ1) is 13.6. The molecule has 0 aliphatic heterocycles. The molecule has 2 aromatic rings. The molecule has 0 amide bonds. The van der Waals surface area contributed by atoms with Gasteiger partial charge in [-0.25, -0.2) is 0 Å². The highest BCUT2D eigenvalue weighted by atomic mass is 16.5. The van der Waals surface area contributed by atoms with E-state index in [1.54, 1.807) is 13.3 Å². The average molecular weight is 256 g/mol. The molecule has 0 bridgehead atoms. The van der Waals surface area contributed by atoms with Crippen molar-refractivity contribution < 1.29 is 4.74 Å². The van der Waals surface area contributed by atoms with Gasteiger partial charge in [0.1, 0.15) is 5.75 Å². The fraction of sp³-hybridized carbons (Fsp3) is 0.312. The Morgan fingerprint density at radius 1 is 1.32 bits per heavy atom. The van der Waals surface area contributed by atoms with Crippen LogP contribution in [-0.2, 0) is 6.54 Å². The van der Waals surface area contributed by atoms with E-state index < -0.39 is 0 Å². The van der Waals surface area contributed by atoms with E-state index in [2.05, 4.69) is 42.3 Å². The van der Waals surface area contributed by atoms with Gasteiger partial charge in [0.2, 0.25) is 0 Å². The monoisotopic (exact) mass is 256 g/mol. The van der Waals surface area contributed by atoms with E-state index in [-0.39, 0.29) is 6.04 Å². The molecule has 1 aromatic carbocycles. The molecule has 0 spiro atoms. The summed E-state index contributed by atoms with van der Waals surface area (Å²) in [6.07, 6.45) is 3.67. The Bertz CT molecular complexity index is 526. The first-order valence-corrected chi connectivity index (χ1v) is 6.47. The third-order valence-electron chi connectivity index (χ3n) is 3.19. The number of nitrogens with one attached hydrogen (secondary N) is 1. The standard InChI is InChI=1S/C16H20N2O/c1-12-6-7-16(19-3)15(9-12)13(2)18-11-14-5-4-8-17-10-14/h4-10,13,18H,11H2,1-3H3. The Morgan fingerprint density at radius 2 is 2.16 bits per heavy atom. The van der Waals surface area contributed by atoms with Gasteiger partial charge in [0, 0.05) is 30.5 Å². The topological polar surface area (TPSA) is 34.1 Å². The average Bonchev–Trinajstić information content (AvgIpc) is 2.46. The molecule has 3 nitrogen and oxygen atoms in total. The van der Waals surface area contributed by atoms with Crippen LogP contribution in [0.2, 0.25) is 0 Å². The first-order chi connectivity index (χ1) is 9.20. The number of nitrogens with zero attached hydrogens (tertiary/aromatic N) is 1. The molecule has 3 heteroatoms. The largest absolute Gasteiger partial charge is 0.496 e. The van der Waals surface area contributed by atoms with E-state index in [0.717, 1.165) is 12.3 Å². The third kappa shape index (κ3) is 3.55. The van der Waals surface area contributed by atoms with Crippen molar-refractivity contribution in [3.63, 3.8) is 0 Å². The highest BCUT2D eigenvalue weighted by Crippen LogP contribution is 2.26. The quantitative estimate of drug-likeness (QED) is 0.891. The molecule has 1 atom stereocenters. The maximum atomic E-state index is 5.42. The minimum atomic E-state index is 0.232. The summed E-state index contributed by atoms with van der Waals surface area (Å²) in [6.45, 7) is 5.04. The number of pyridine rings is 1. The van der Waals surface area contributed by atoms with Gasteiger partial charge in [-0.15, -0.1) is 0 Å². The van der Waals surface area contributed by atoms with E-state index in [1.807, 2.05) is 18.3 Å². The Kier molecular flexibility index (Phi) is 4.53. The number of hydrogen-bond donors (Lipinski definition) is 1. The first-order valence-electron chi connectivity index (χ1n) is 6.47. The summed E-state index contributed by atoms with van der Waals surface area (Å²) >= 11 is 0. The number of methoxy groups -OCH3 is 1. The van der Waals surface area contributed by atoms with Crippen molar-refractivity contribution in [1.29, 1.82) is 0 Å². The lowest BCUT2D eigenvalue weighted by molar-refractivity contribution is 0.401. The lowest BCUT2D eigenvalue weighted by Crippen LogP contribution is -2.18. The van der Waals surface area contributed by atoms with Crippen molar-refractivity contribution in [2.45, 2.75) is 26.4 Å². The number of benzene rings is 1. The Hall–Kier alpha value is -1.87. The van der Waals surface area contributed by atoms with Crippen LogP contribution in [0.5, 0.6) is 5.75 Å². The molecule has 2 rings (SSSR count). The number of ether oxygens (including phenoxy) is 1. The molecule has 0 saturated carbocycles. The Balaban J connectivity index is 2.07. The van der Waals surface area contributed by atoms with Gasteiger partial charge in [-0.05, 0) is 31.5 Å². The molecule has 0 radical (unpaired) electrons. The van der Waals surface area contributed by atoms with Crippen LogP contribution in [0.4, 0.5) is 0 Å². The molecule has 0 saturated heterocycles. The summed E-state index contributed by atoms with van der Waals surface area (Å²) in [6, 6.07) is 10.5. The van der Waals surface area contributed by atoms with Gasteiger partial charge in [0.15, 0.2) is 0 Å². The van der Waals surface area contributed by atoms with E-state index in [1.165, 1.54) is 16.7 Å². The number of hydrogen-bond acceptors (Lipinski definition) is 3. The number of aryl methyl sites for hydroxylation is 1. The second-order valence-corrected chi connectivity index (χ2v) is 4.71. The Labute approximate surface area is 114 Å². The predicted molar refractivity (Wildman–Crippen MR) is 77.2 cm³/mol. The molecule has 100 valence electrons. The van der Waals surface area contributed by atoms with Crippen molar-refractivity contribution in [2.24, 2.45) is 0 Å². The van der Waals surface area contributed by atoms with E-state index >= 15 is 0 Å². The summed E-state index contributed by atoms with van der Waals surface area (Å²) in [5.74, 6) is 0.928. The second kappa shape index (κ2) is 6.34. The van der Waals surface area contributed by atoms with Crippen LogP contribution in [0.1, 0.15) is 29.7 Å². The van der Waals surface area contributed by atoms with Crippen molar-refractivity contribution in [3.8, 4) is 5.75 Å². The summed E-state index contributed by atoms with van der Waals surface area (Å²) in [4.78, 5) is 4.12.